The van der Waals surface area contributed by atoms with Gasteiger partial charge in [0.1, 0.15) is 0 Å². The Kier molecular flexibility index (Phi) is 8.88. The molecule has 0 heteroatoms. The first kappa shape index (κ1) is 15.5. The molecule has 0 atom stereocenters. The van der Waals surface area contributed by atoms with Gasteiger partial charge in [-0.25, -0.2) is 0 Å². The average molecular weight is 228 g/mol. The van der Waals surface area contributed by atoms with Crippen molar-refractivity contribution in [2.24, 2.45) is 0 Å². The molecule has 0 heterocycles. The number of allylic oxidation sites excluding steroid dienone is 1. The second kappa shape index (κ2) is 9.73. The van der Waals surface area contributed by atoms with Gasteiger partial charge >= 0.3 is 0 Å². The van der Waals surface area contributed by atoms with Crippen LogP contribution < -0.4 is 0 Å². The number of hydrogen-bond donors (Lipinski definition) is 0. The minimum absolute atomic E-state index is 0.914. The van der Waals surface area contributed by atoms with Gasteiger partial charge in [-0.1, -0.05) is 57.7 Å². The Labute approximate surface area is 107 Å². The fraction of sp³-hybridized carbons (Fsp3) is 0.412. The standard InChI is InChI=1S/C15H18.C2H6/c1-4-7-9-15-11-10-13(8-5-2)12-14(15)6-3;1-2/h5,10-12H,2,4,6,8H2,1,3H3;1-2H3. The molecular formula is C17H24. The summed E-state index contributed by atoms with van der Waals surface area (Å²) in [5.74, 6) is 6.33. The molecule has 0 saturated heterocycles. The van der Waals surface area contributed by atoms with Gasteiger partial charge in [0.05, 0.1) is 0 Å². The van der Waals surface area contributed by atoms with E-state index < -0.39 is 0 Å². The Balaban J connectivity index is 0.00000121. The fourth-order valence-electron chi connectivity index (χ4n) is 1.54. The van der Waals surface area contributed by atoms with E-state index in [0.29, 0.717) is 0 Å². The van der Waals surface area contributed by atoms with Crippen LogP contribution in [0.15, 0.2) is 30.9 Å². The molecule has 0 radical (unpaired) electrons. The van der Waals surface area contributed by atoms with Crippen LogP contribution >= 0.6 is 0 Å². The molecule has 0 spiro atoms. The minimum atomic E-state index is 0.914. The normalized spacial score (nSPS) is 8.47. The van der Waals surface area contributed by atoms with E-state index >= 15 is 0 Å². The van der Waals surface area contributed by atoms with E-state index in [9.17, 15) is 0 Å². The van der Waals surface area contributed by atoms with Crippen LogP contribution in [-0.2, 0) is 12.8 Å². The fourth-order valence-corrected chi connectivity index (χ4v) is 1.54. The highest BCUT2D eigenvalue weighted by atomic mass is 14.0. The van der Waals surface area contributed by atoms with E-state index in [0.717, 1.165) is 19.3 Å². The van der Waals surface area contributed by atoms with Gasteiger partial charge in [0.25, 0.3) is 0 Å². The minimum Gasteiger partial charge on any atom is -0.103 e. The number of rotatable bonds is 3. The van der Waals surface area contributed by atoms with E-state index in [1.807, 2.05) is 19.9 Å². The summed E-state index contributed by atoms with van der Waals surface area (Å²) in [4.78, 5) is 0. The summed E-state index contributed by atoms with van der Waals surface area (Å²) in [6.07, 6.45) is 4.83. The lowest BCUT2D eigenvalue weighted by Gasteiger charge is -2.04. The summed E-state index contributed by atoms with van der Waals surface area (Å²) >= 11 is 0. The molecule has 0 aliphatic heterocycles. The Morgan fingerprint density at radius 1 is 1.24 bits per heavy atom. The van der Waals surface area contributed by atoms with Crippen molar-refractivity contribution >= 4 is 0 Å². The van der Waals surface area contributed by atoms with Crippen molar-refractivity contribution in [3.63, 3.8) is 0 Å². The van der Waals surface area contributed by atoms with Gasteiger partial charge < -0.3 is 0 Å². The lowest BCUT2D eigenvalue weighted by atomic mass is 10.0. The largest absolute Gasteiger partial charge is 0.103 e. The molecule has 92 valence electrons. The molecular weight excluding hydrogens is 204 g/mol. The average Bonchev–Trinajstić information content (AvgIpc) is 2.39. The highest BCUT2D eigenvalue weighted by Gasteiger charge is 1.99. The van der Waals surface area contributed by atoms with Crippen molar-refractivity contribution < 1.29 is 0 Å². The molecule has 17 heavy (non-hydrogen) atoms. The van der Waals surface area contributed by atoms with E-state index in [1.165, 1.54) is 16.7 Å². The van der Waals surface area contributed by atoms with Crippen LogP contribution in [0.5, 0.6) is 0 Å². The lowest BCUT2D eigenvalue weighted by Crippen LogP contribution is -1.91. The quantitative estimate of drug-likeness (QED) is 0.516. The van der Waals surface area contributed by atoms with Crippen molar-refractivity contribution in [2.45, 2.75) is 47.0 Å². The van der Waals surface area contributed by atoms with Crippen LogP contribution in [-0.4, -0.2) is 0 Å². The summed E-state index contributed by atoms with van der Waals surface area (Å²) in [6.45, 7) is 12.0. The molecule has 1 aromatic rings. The SMILES string of the molecule is C=CCc1ccc(C#CCC)c(CC)c1.CC. The van der Waals surface area contributed by atoms with Gasteiger partial charge in [0, 0.05) is 12.0 Å². The summed E-state index contributed by atoms with van der Waals surface area (Å²) in [5.41, 5.74) is 3.84. The molecule has 0 aliphatic rings. The van der Waals surface area contributed by atoms with Crippen molar-refractivity contribution in [2.75, 3.05) is 0 Å². The maximum Gasteiger partial charge on any atom is 0.0277 e. The number of benzene rings is 1. The van der Waals surface area contributed by atoms with Gasteiger partial charge in [-0.15, -0.1) is 6.58 Å². The first-order chi connectivity index (χ1) is 8.31. The molecule has 0 saturated carbocycles. The van der Waals surface area contributed by atoms with E-state index in [2.05, 4.69) is 50.5 Å². The lowest BCUT2D eigenvalue weighted by molar-refractivity contribution is 1.11. The predicted octanol–water partition coefficient (Wildman–Crippen LogP) is 4.77. The molecule has 0 unspecified atom stereocenters. The van der Waals surface area contributed by atoms with Crippen molar-refractivity contribution in [1.82, 2.24) is 0 Å². The van der Waals surface area contributed by atoms with Crippen LogP contribution in [0.2, 0.25) is 0 Å². The number of aryl methyl sites for hydroxylation is 1. The summed E-state index contributed by atoms with van der Waals surface area (Å²) in [6, 6.07) is 6.50. The highest BCUT2D eigenvalue weighted by molar-refractivity contribution is 5.43. The first-order valence-corrected chi connectivity index (χ1v) is 6.53. The van der Waals surface area contributed by atoms with E-state index in [4.69, 9.17) is 0 Å². The molecule has 0 aromatic heterocycles. The summed E-state index contributed by atoms with van der Waals surface area (Å²) in [7, 11) is 0. The summed E-state index contributed by atoms with van der Waals surface area (Å²) < 4.78 is 0. The molecule has 0 fully saturated rings. The molecule has 1 aromatic carbocycles. The molecule has 0 nitrogen and oxygen atoms in total. The van der Waals surface area contributed by atoms with Crippen LogP contribution in [0, 0.1) is 11.8 Å². The zero-order valence-electron chi connectivity index (χ0n) is 11.6. The third kappa shape index (κ3) is 5.41. The van der Waals surface area contributed by atoms with Crippen molar-refractivity contribution in [1.29, 1.82) is 0 Å². The zero-order valence-corrected chi connectivity index (χ0v) is 11.6. The van der Waals surface area contributed by atoms with Crippen LogP contribution in [0.4, 0.5) is 0 Å². The molecule has 0 amide bonds. The van der Waals surface area contributed by atoms with Crippen LogP contribution in [0.1, 0.15) is 50.8 Å². The monoisotopic (exact) mass is 228 g/mol. The third-order valence-electron chi connectivity index (χ3n) is 2.33. The van der Waals surface area contributed by atoms with Crippen molar-refractivity contribution in [3.05, 3.63) is 47.5 Å². The van der Waals surface area contributed by atoms with Crippen LogP contribution in [0.3, 0.4) is 0 Å². The predicted molar refractivity (Wildman–Crippen MR) is 78.2 cm³/mol. The van der Waals surface area contributed by atoms with Crippen LogP contribution in [0.25, 0.3) is 0 Å². The molecule has 1 rings (SSSR count). The third-order valence-corrected chi connectivity index (χ3v) is 2.33. The summed E-state index contributed by atoms with van der Waals surface area (Å²) in [5, 5.41) is 0. The van der Waals surface area contributed by atoms with Gasteiger partial charge in [-0.2, -0.15) is 0 Å². The smallest absolute Gasteiger partial charge is 0.0277 e. The van der Waals surface area contributed by atoms with Gasteiger partial charge in [-0.3, -0.25) is 0 Å². The van der Waals surface area contributed by atoms with E-state index in [-0.39, 0.29) is 0 Å². The zero-order chi connectivity index (χ0) is 13.1. The molecule has 0 N–H and O–H groups in total. The molecule has 0 aliphatic carbocycles. The van der Waals surface area contributed by atoms with Gasteiger partial charge in [0.2, 0.25) is 0 Å². The maximum absolute atomic E-state index is 3.76. The maximum atomic E-state index is 3.76. The number of hydrogen-bond acceptors (Lipinski definition) is 0. The van der Waals surface area contributed by atoms with Crippen molar-refractivity contribution in [3.8, 4) is 11.8 Å². The molecule has 0 bridgehead atoms. The van der Waals surface area contributed by atoms with Gasteiger partial charge in [0.15, 0.2) is 0 Å². The Hall–Kier alpha value is -1.48. The Morgan fingerprint density at radius 3 is 2.47 bits per heavy atom. The topological polar surface area (TPSA) is 0 Å². The highest BCUT2D eigenvalue weighted by Crippen LogP contribution is 2.13. The Morgan fingerprint density at radius 2 is 1.94 bits per heavy atom. The van der Waals surface area contributed by atoms with Gasteiger partial charge in [-0.05, 0) is 30.0 Å². The second-order valence-corrected chi connectivity index (χ2v) is 3.49. The second-order valence-electron chi connectivity index (χ2n) is 3.49. The first-order valence-electron chi connectivity index (χ1n) is 6.53. The Bertz CT molecular complexity index is 388. The van der Waals surface area contributed by atoms with E-state index in [1.54, 1.807) is 0 Å².